The van der Waals surface area contributed by atoms with Crippen LogP contribution in [0.25, 0.3) is 0 Å². The summed E-state index contributed by atoms with van der Waals surface area (Å²) in [6, 6.07) is 7.92. The van der Waals surface area contributed by atoms with Gasteiger partial charge in [0.1, 0.15) is 0 Å². The quantitative estimate of drug-likeness (QED) is 0.524. The monoisotopic (exact) mass is 171 g/mol. The fourth-order valence-electron chi connectivity index (χ4n) is 0.687. The first-order valence-electron chi connectivity index (χ1n) is 2.91. The van der Waals surface area contributed by atoms with Gasteiger partial charge in [-0.1, -0.05) is 18.0 Å². The molecule has 0 aliphatic carbocycles. The molecule has 0 aliphatic rings. The predicted octanol–water partition coefficient (Wildman–Crippen LogP) is 2.67. The van der Waals surface area contributed by atoms with E-state index >= 15 is 0 Å². The Morgan fingerprint density at radius 3 is 2.90 bits per heavy atom. The zero-order chi connectivity index (χ0) is 7.40. The second-order valence-corrected chi connectivity index (χ2v) is 2.99. The summed E-state index contributed by atoms with van der Waals surface area (Å²) in [5.74, 6) is 0. The first kappa shape index (κ1) is 7.82. The summed E-state index contributed by atoms with van der Waals surface area (Å²) in [6.07, 6.45) is 1.99. The molecule has 54 valence electrons. The summed E-state index contributed by atoms with van der Waals surface area (Å²) in [5, 5.41) is 0. The van der Waals surface area contributed by atoms with Crippen LogP contribution in [0.1, 0.15) is 0 Å². The highest BCUT2D eigenvalue weighted by atomic mass is 32.2. The van der Waals surface area contributed by atoms with Crippen molar-refractivity contribution in [2.75, 3.05) is 11.0 Å². The highest BCUT2D eigenvalue weighted by molar-refractivity contribution is 7.99. The third-order valence-electron chi connectivity index (χ3n) is 1.07. The zero-order valence-electron chi connectivity index (χ0n) is 5.66. The molecule has 0 saturated heterocycles. The number of rotatable bonds is 2. The van der Waals surface area contributed by atoms with Crippen LogP contribution in [-0.4, -0.2) is 6.26 Å². The van der Waals surface area contributed by atoms with Crippen molar-refractivity contribution in [1.82, 2.24) is 0 Å². The first-order valence-corrected chi connectivity index (χ1v) is 4.58. The molecule has 10 heavy (non-hydrogen) atoms. The van der Waals surface area contributed by atoms with Gasteiger partial charge in [0.2, 0.25) is 0 Å². The van der Waals surface area contributed by atoms with Gasteiger partial charge in [-0.15, -0.1) is 12.6 Å². The molecular weight excluding hydrogens is 162 g/mol. The molecular formula is C7H9NS2. The summed E-state index contributed by atoms with van der Waals surface area (Å²) in [7, 11) is 0. The second-order valence-electron chi connectivity index (χ2n) is 1.86. The van der Waals surface area contributed by atoms with E-state index in [9.17, 15) is 0 Å². The van der Waals surface area contributed by atoms with Gasteiger partial charge in [-0.05, 0) is 18.2 Å². The van der Waals surface area contributed by atoms with Crippen LogP contribution in [0.2, 0.25) is 0 Å². The first-order chi connectivity index (χ1) is 4.83. The average Bonchev–Trinajstić information content (AvgIpc) is 1.88. The second kappa shape index (κ2) is 3.78. The van der Waals surface area contributed by atoms with E-state index in [1.54, 1.807) is 11.9 Å². The molecule has 0 heterocycles. The lowest BCUT2D eigenvalue weighted by Gasteiger charge is -2.00. The summed E-state index contributed by atoms with van der Waals surface area (Å²) in [4.78, 5) is 0.985. The minimum Gasteiger partial charge on any atom is -0.330 e. The van der Waals surface area contributed by atoms with E-state index in [2.05, 4.69) is 17.4 Å². The molecule has 0 atom stereocenters. The molecule has 1 aromatic carbocycles. The standard InChI is InChI=1S/C7H9NS2/c1-10-8-6-3-2-4-7(9)5-6/h2-5,8-9H,1H3. The number of anilines is 1. The molecule has 1 rings (SSSR count). The average molecular weight is 171 g/mol. The Morgan fingerprint density at radius 2 is 2.30 bits per heavy atom. The van der Waals surface area contributed by atoms with Crippen molar-refractivity contribution in [3.05, 3.63) is 24.3 Å². The van der Waals surface area contributed by atoms with Crippen LogP contribution in [-0.2, 0) is 0 Å². The largest absolute Gasteiger partial charge is 0.330 e. The van der Waals surface area contributed by atoms with Crippen LogP contribution in [0.5, 0.6) is 0 Å². The Labute approximate surface area is 70.8 Å². The van der Waals surface area contributed by atoms with Crippen molar-refractivity contribution in [2.24, 2.45) is 0 Å². The van der Waals surface area contributed by atoms with Crippen molar-refractivity contribution < 1.29 is 0 Å². The summed E-state index contributed by atoms with van der Waals surface area (Å²) in [6.45, 7) is 0. The van der Waals surface area contributed by atoms with Crippen LogP contribution in [0.4, 0.5) is 5.69 Å². The predicted molar refractivity (Wildman–Crippen MR) is 50.8 cm³/mol. The Morgan fingerprint density at radius 1 is 1.50 bits per heavy atom. The maximum atomic E-state index is 4.20. The van der Waals surface area contributed by atoms with Gasteiger partial charge in [-0.25, -0.2) is 0 Å². The molecule has 1 N–H and O–H groups in total. The number of thiol groups is 1. The molecule has 0 unspecified atom stereocenters. The Kier molecular flexibility index (Phi) is 2.96. The van der Waals surface area contributed by atoms with Gasteiger partial charge in [-0.3, -0.25) is 0 Å². The van der Waals surface area contributed by atoms with Gasteiger partial charge >= 0.3 is 0 Å². The normalized spacial score (nSPS) is 9.40. The third-order valence-corrected chi connectivity index (χ3v) is 1.78. The van der Waals surface area contributed by atoms with E-state index in [4.69, 9.17) is 0 Å². The molecule has 0 spiro atoms. The number of hydrogen-bond acceptors (Lipinski definition) is 3. The molecule has 3 heteroatoms. The summed E-state index contributed by atoms with van der Waals surface area (Å²) < 4.78 is 3.12. The van der Waals surface area contributed by atoms with Crippen molar-refractivity contribution >= 4 is 30.3 Å². The van der Waals surface area contributed by atoms with Crippen LogP contribution >= 0.6 is 24.6 Å². The number of nitrogens with one attached hydrogen (secondary N) is 1. The Bertz CT molecular complexity index is 213. The van der Waals surface area contributed by atoms with Crippen LogP contribution in [0, 0.1) is 0 Å². The topological polar surface area (TPSA) is 12.0 Å². The lowest BCUT2D eigenvalue weighted by Crippen LogP contribution is -1.82. The zero-order valence-corrected chi connectivity index (χ0v) is 7.38. The lowest BCUT2D eigenvalue weighted by molar-refractivity contribution is 1.48. The van der Waals surface area contributed by atoms with E-state index in [0.717, 1.165) is 10.6 Å². The maximum absolute atomic E-state index is 4.20. The van der Waals surface area contributed by atoms with Crippen LogP contribution in [0.15, 0.2) is 29.2 Å². The van der Waals surface area contributed by atoms with Crippen LogP contribution in [0.3, 0.4) is 0 Å². The minimum absolute atomic E-state index is 0.985. The minimum atomic E-state index is 0.985. The lowest BCUT2D eigenvalue weighted by atomic mass is 10.3. The van der Waals surface area contributed by atoms with Crippen molar-refractivity contribution in [3.63, 3.8) is 0 Å². The summed E-state index contributed by atoms with van der Waals surface area (Å²) in [5.41, 5.74) is 1.10. The molecule has 0 aliphatic heterocycles. The summed E-state index contributed by atoms with van der Waals surface area (Å²) >= 11 is 5.78. The van der Waals surface area contributed by atoms with Crippen LogP contribution < -0.4 is 4.72 Å². The van der Waals surface area contributed by atoms with Gasteiger partial charge in [0.05, 0.1) is 0 Å². The Hall–Kier alpha value is -0.280. The van der Waals surface area contributed by atoms with Crippen molar-refractivity contribution in [2.45, 2.75) is 4.90 Å². The van der Waals surface area contributed by atoms with E-state index in [1.807, 2.05) is 30.5 Å². The molecule has 1 aromatic rings. The fourth-order valence-corrected chi connectivity index (χ4v) is 1.28. The van der Waals surface area contributed by atoms with E-state index in [1.165, 1.54) is 0 Å². The maximum Gasteiger partial charge on any atom is 0.0450 e. The highest BCUT2D eigenvalue weighted by Crippen LogP contribution is 2.15. The van der Waals surface area contributed by atoms with E-state index in [-0.39, 0.29) is 0 Å². The van der Waals surface area contributed by atoms with Gasteiger partial charge in [-0.2, -0.15) is 0 Å². The molecule has 0 aromatic heterocycles. The van der Waals surface area contributed by atoms with Crippen molar-refractivity contribution in [1.29, 1.82) is 0 Å². The molecule has 0 amide bonds. The van der Waals surface area contributed by atoms with E-state index < -0.39 is 0 Å². The molecule has 1 nitrogen and oxygen atoms in total. The molecule has 0 bridgehead atoms. The molecule has 0 saturated carbocycles. The highest BCUT2D eigenvalue weighted by Gasteiger charge is 1.88. The molecule has 0 radical (unpaired) electrons. The number of hydrogen-bond donors (Lipinski definition) is 2. The third kappa shape index (κ3) is 2.15. The van der Waals surface area contributed by atoms with Gasteiger partial charge in [0, 0.05) is 16.8 Å². The fraction of sp³-hybridized carbons (Fsp3) is 0.143. The smallest absolute Gasteiger partial charge is 0.0450 e. The van der Waals surface area contributed by atoms with Gasteiger partial charge in [0.25, 0.3) is 0 Å². The van der Waals surface area contributed by atoms with Gasteiger partial charge in [0.15, 0.2) is 0 Å². The SMILES string of the molecule is CSNc1cccc(S)c1. The Balaban J connectivity index is 2.75. The van der Waals surface area contributed by atoms with Crippen molar-refractivity contribution in [3.8, 4) is 0 Å². The van der Waals surface area contributed by atoms with Gasteiger partial charge < -0.3 is 4.72 Å². The van der Waals surface area contributed by atoms with E-state index in [0.29, 0.717) is 0 Å². The molecule has 0 fully saturated rings. The number of benzene rings is 1.